The summed E-state index contributed by atoms with van der Waals surface area (Å²) >= 11 is 2.41. The summed E-state index contributed by atoms with van der Waals surface area (Å²) in [6.45, 7) is 4.17. The van der Waals surface area contributed by atoms with E-state index < -0.39 is 0 Å². The van der Waals surface area contributed by atoms with Crippen LogP contribution in [-0.2, 0) is 14.2 Å². The van der Waals surface area contributed by atoms with E-state index in [9.17, 15) is 4.79 Å². The topological polar surface area (TPSA) is 54.0 Å². The van der Waals surface area contributed by atoms with E-state index in [0.29, 0.717) is 45.2 Å². The quantitative estimate of drug-likeness (QED) is 0.151. The molecule has 0 aliphatic carbocycles. The zero-order valence-electron chi connectivity index (χ0n) is 14.8. The molecule has 0 unspecified atom stereocenters. The third-order valence-electron chi connectivity index (χ3n) is 3.43. The average molecular weight is 464 g/mol. The molecule has 1 aromatic rings. The number of ether oxygens (including phenoxy) is 4. The molecule has 0 heterocycles. The average Bonchev–Trinajstić information content (AvgIpc) is 2.65. The van der Waals surface area contributed by atoms with Crippen molar-refractivity contribution >= 4 is 28.9 Å². The number of benzene rings is 1. The van der Waals surface area contributed by atoms with Gasteiger partial charge < -0.3 is 18.9 Å². The van der Waals surface area contributed by atoms with Crippen LogP contribution in [0.3, 0.4) is 0 Å². The molecule has 25 heavy (non-hydrogen) atoms. The van der Waals surface area contributed by atoms with E-state index in [-0.39, 0.29) is 0 Å². The summed E-state index contributed by atoms with van der Waals surface area (Å²) in [5, 5.41) is 0. The van der Waals surface area contributed by atoms with Crippen molar-refractivity contribution in [1.82, 2.24) is 0 Å². The lowest BCUT2D eigenvalue weighted by atomic mass is 10.2. The predicted molar refractivity (Wildman–Crippen MR) is 107 cm³/mol. The van der Waals surface area contributed by atoms with Crippen LogP contribution in [0.4, 0.5) is 0 Å². The zero-order valence-corrected chi connectivity index (χ0v) is 16.9. The van der Waals surface area contributed by atoms with Gasteiger partial charge >= 0.3 is 0 Å². The summed E-state index contributed by atoms with van der Waals surface area (Å²) in [5.41, 5.74) is 0.640. The van der Waals surface area contributed by atoms with Gasteiger partial charge in [-0.2, -0.15) is 0 Å². The maximum Gasteiger partial charge on any atom is 0.150 e. The molecule has 0 bridgehead atoms. The van der Waals surface area contributed by atoms with Crippen molar-refractivity contribution in [2.75, 3.05) is 50.7 Å². The number of halogens is 1. The van der Waals surface area contributed by atoms with Crippen molar-refractivity contribution in [2.24, 2.45) is 0 Å². The summed E-state index contributed by atoms with van der Waals surface area (Å²) in [5.74, 6) is 0.733. The van der Waals surface area contributed by atoms with Gasteiger partial charge in [0.15, 0.2) is 0 Å². The third-order valence-corrected chi connectivity index (χ3v) is 4.19. The standard InChI is InChI=1S/C19H29IO5/c20-9-3-1-2-4-10-22-11-12-23-13-14-24-15-16-25-19-7-5-18(17-21)6-8-19/h5-8,17H,1-4,9-16H2. The second-order valence-corrected chi connectivity index (χ2v) is 6.55. The highest BCUT2D eigenvalue weighted by Crippen LogP contribution is 2.10. The SMILES string of the molecule is O=Cc1ccc(OCCOCCOCCOCCCCCCI)cc1. The van der Waals surface area contributed by atoms with Crippen LogP contribution in [0.25, 0.3) is 0 Å². The molecule has 6 heteroatoms. The molecule has 0 N–H and O–H groups in total. The number of alkyl halides is 1. The Kier molecular flexibility index (Phi) is 15.0. The van der Waals surface area contributed by atoms with Gasteiger partial charge in [-0.15, -0.1) is 0 Å². The van der Waals surface area contributed by atoms with Crippen LogP contribution < -0.4 is 4.74 Å². The molecule has 0 saturated carbocycles. The number of unbranched alkanes of at least 4 members (excludes halogenated alkanes) is 3. The van der Waals surface area contributed by atoms with Crippen LogP contribution in [0.15, 0.2) is 24.3 Å². The molecule has 0 aliphatic heterocycles. The van der Waals surface area contributed by atoms with Gasteiger partial charge in [-0.05, 0) is 41.5 Å². The highest BCUT2D eigenvalue weighted by Gasteiger charge is 1.96. The molecule has 0 aromatic heterocycles. The third kappa shape index (κ3) is 13.2. The van der Waals surface area contributed by atoms with Crippen LogP contribution in [-0.4, -0.2) is 57.0 Å². The fraction of sp³-hybridized carbons (Fsp3) is 0.632. The number of rotatable bonds is 17. The van der Waals surface area contributed by atoms with Crippen molar-refractivity contribution in [3.63, 3.8) is 0 Å². The molecule has 0 aliphatic rings. The van der Waals surface area contributed by atoms with Gasteiger partial charge in [0.1, 0.15) is 18.6 Å². The van der Waals surface area contributed by atoms with Gasteiger partial charge in [-0.1, -0.05) is 35.4 Å². The molecule has 0 atom stereocenters. The summed E-state index contributed by atoms with van der Waals surface area (Å²) in [7, 11) is 0. The Bertz CT molecular complexity index is 424. The Morgan fingerprint density at radius 2 is 1.28 bits per heavy atom. The molecule has 0 amide bonds. The second-order valence-electron chi connectivity index (χ2n) is 5.48. The molecule has 0 saturated heterocycles. The Morgan fingerprint density at radius 3 is 1.88 bits per heavy atom. The molecule has 1 rings (SSSR count). The first-order chi connectivity index (χ1) is 12.4. The van der Waals surface area contributed by atoms with E-state index in [0.717, 1.165) is 25.1 Å². The number of hydrogen-bond acceptors (Lipinski definition) is 5. The van der Waals surface area contributed by atoms with Crippen LogP contribution in [0, 0.1) is 0 Å². The summed E-state index contributed by atoms with van der Waals surface area (Å²) in [6.07, 6.45) is 5.80. The van der Waals surface area contributed by atoms with Crippen LogP contribution in [0.2, 0.25) is 0 Å². The molecular weight excluding hydrogens is 435 g/mol. The van der Waals surface area contributed by atoms with E-state index in [2.05, 4.69) is 22.6 Å². The van der Waals surface area contributed by atoms with Crippen LogP contribution >= 0.6 is 22.6 Å². The second kappa shape index (κ2) is 16.8. The first-order valence-corrected chi connectivity index (χ1v) is 10.4. The highest BCUT2D eigenvalue weighted by atomic mass is 127. The summed E-state index contributed by atoms with van der Waals surface area (Å²) in [4.78, 5) is 10.5. The lowest BCUT2D eigenvalue weighted by molar-refractivity contribution is 0.00879. The smallest absolute Gasteiger partial charge is 0.150 e. The minimum Gasteiger partial charge on any atom is -0.491 e. The monoisotopic (exact) mass is 464 g/mol. The number of aldehydes is 1. The number of carbonyl (C=O) groups excluding carboxylic acids is 1. The van der Waals surface area contributed by atoms with Crippen molar-refractivity contribution in [2.45, 2.75) is 25.7 Å². The van der Waals surface area contributed by atoms with Crippen LogP contribution in [0.5, 0.6) is 5.75 Å². The normalized spacial score (nSPS) is 10.8. The Morgan fingerprint density at radius 1 is 0.720 bits per heavy atom. The Labute approximate surface area is 164 Å². The predicted octanol–water partition coefficient (Wildman–Crippen LogP) is 3.92. The van der Waals surface area contributed by atoms with Crippen molar-refractivity contribution in [3.8, 4) is 5.75 Å². The minimum absolute atomic E-state index is 0.473. The summed E-state index contributed by atoms with van der Waals surface area (Å²) in [6, 6.07) is 7.00. The minimum atomic E-state index is 0.473. The first kappa shape index (κ1) is 22.3. The summed E-state index contributed by atoms with van der Waals surface area (Å²) < 4.78 is 23.2. The van der Waals surface area contributed by atoms with E-state index >= 15 is 0 Å². The maximum atomic E-state index is 10.5. The fourth-order valence-corrected chi connectivity index (χ4v) is 2.59. The molecule has 1 aromatic carbocycles. The maximum absolute atomic E-state index is 10.5. The molecule has 0 fully saturated rings. The van der Waals surface area contributed by atoms with Crippen molar-refractivity contribution < 1.29 is 23.7 Å². The van der Waals surface area contributed by atoms with E-state index in [1.807, 2.05) is 0 Å². The lowest BCUT2D eigenvalue weighted by Crippen LogP contribution is -2.13. The molecule has 0 radical (unpaired) electrons. The lowest BCUT2D eigenvalue weighted by Gasteiger charge is -2.08. The van der Waals surface area contributed by atoms with Crippen molar-refractivity contribution in [3.05, 3.63) is 29.8 Å². The van der Waals surface area contributed by atoms with Crippen LogP contribution in [0.1, 0.15) is 36.0 Å². The Balaban J connectivity index is 1.79. The molecule has 0 spiro atoms. The fourth-order valence-electron chi connectivity index (χ4n) is 2.06. The van der Waals surface area contributed by atoms with Gasteiger partial charge in [0.25, 0.3) is 0 Å². The first-order valence-electron chi connectivity index (χ1n) is 8.84. The van der Waals surface area contributed by atoms with Gasteiger partial charge in [-0.3, -0.25) is 4.79 Å². The zero-order chi connectivity index (χ0) is 18.0. The van der Waals surface area contributed by atoms with E-state index in [1.54, 1.807) is 24.3 Å². The van der Waals surface area contributed by atoms with Gasteiger partial charge in [0, 0.05) is 12.2 Å². The van der Waals surface area contributed by atoms with E-state index in [1.165, 1.54) is 23.7 Å². The van der Waals surface area contributed by atoms with Gasteiger partial charge in [0.2, 0.25) is 0 Å². The van der Waals surface area contributed by atoms with Gasteiger partial charge in [-0.25, -0.2) is 0 Å². The largest absolute Gasteiger partial charge is 0.491 e. The number of carbonyl (C=O) groups is 1. The Hall–Kier alpha value is -0.700. The molecule has 142 valence electrons. The van der Waals surface area contributed by atoms with Gasteiger partial charge in [0.05, 0.1) is 33.0 Å². The van der Waals surface area contributed by atoms with Crippen molar-refractivity contribution in [1.29, 1.82) is 0 Å². The molecular formula is C19H29IO5. The van der Waals surface area contributed by atoms with E-state index in [4.69, 9.17) is 18.9 Å². The molecule has 5 nitrogen and oxygen atoms in total. The highest BCUT2D eigenvalue weighted by molar-refractivity contribution is 14.1. The number of hydrogen-bond donors (Lipinski definition) is 0.